The first-order valence-electron chi connectivity index (χ1n) is 3.07. The fourth-order valence-electron chi connectivity index (χ4n) is 0.739. The Kier molecular flexibility index (Phi) is 2.84. The molecule has 0 N–H and O–H groups in total. The molecule has 1 aromatic rings. The van der Waals surface area contributed by atoms with E-state index in [1.807, 2.05) is 6.92 Å². The van der Waals surface area contributed by atoms with Gasteiger partial charge in [0.2, 0.25) is 0 Å². The van der Waals surface area contributed by atoms with Crippen LogP contribution in [0.15, 0.2) is 12.3 Å². The lowest BCUT2D eigenvalue weighted by Crippen LogP contribution is -1.92. The predicted octanol–water partition coefficient (Wildman–Crippen LogP) is 3.33. The summed E-state index contributed by atoms with van der Waals surface area (Å²) in [5.41, 5.74) is 0.532. The van der Waals surface area contributed by atoms with Crippen LogP contribution >= 0.6 is 27.5 Å². The van der Waals surface area contributed by atoms with Gasteiger partial charge in [-0.2, -0.15) is 0 Å². The van der Waals surface area contributed by atoms with Crippen LogP contribution in [0.1, 0.15) is 17.3 Å². The van der Waals surface area contributed by atoms with Gasteiger partial charge in [0.25, 0.3) is 0 Å². The van der Waals surface area contributed by atoms with Gasteiger partial charge in [0.05, 0.1) is 0 Å². The van der Waals surface area contributed by atoms with Crippen LogP contribution in [0, 0.1) is 5.82 Å². The van der Waals surface area contributed by atoms with E-state index in [0.717, 1.165) is 0 Å². The van der Waals surface area contributed by atoms with Crippen molar-refractivity contribution in [2.75, 3.05) is 0 Å². The topological polar surface area (TPSA) is 12.9 Å². The zero-order chi connectivity index (χ0) is 8.43. The molecule has 4 heteroatoms. The molecule has 0 aliphatic carbocycles. The minimum Gasteiger partial charge on any atom is -0.242 e. The van der Waals surface area contributed by atoms with E-state index in [0.29, 0.717) is 5.56 Å². The van der Waals surface area contributed by atoms with Crippen molar-refractivity contribution in [3.05, 3.63) is 28.8 Å². The molecule has 60 valence electrons. The van der Waals surface area contributed by atoms with E-state index < -0.39 is 5.82 Å². The van der Waals surface area contributed by atoms with Gasteiger partial charge in [-0.3, -0.25) is 0 Å². The fourth-order valence-corrected chi connectivity index (χ4v) is 1.26. The molecule has 1 atom stereocenters. The predicted molar refractivity (Wildman–Crippen MR) is 46.5 cm³/mol. The van der Waals surface area contributed by atoms with Gasteiger partial charge in [-0.1, -0.05) is 27.5 Å². The zero-order valence-corrected chi connectivity index (χ0v) is 8.16. The summed E-state index contributed by atoms with van der Waals surface area (Å²) < 4.78 is 13.0. The first kappa shape index (κ1) is 8.94. The van der Waals surface area contributed by atoms with Crippen LogP contribution in [0.4, 0.5) is 4.39 Å². The van der Waals surface area contributed by atoms with E-state index in [1.54, 1.807) is 6.07 Å². The summed E-state index contributed by atoms with van der Waals surface area (Å²) in [6.07, 6.45) is 1.48. The third kappa shape index (κ3) is 1.91. The number of nitrogens with zero attached hydrogens (tertiary/aromatic N) is 1. The van der Waals surface area contributed by atoms with E-state index in [1.165, 1.54) is 6.20 Å². The van der Waals surface area contributed by atoms with Crippen LogP contribution < -0.4 is 0 Å². The maximum atomic E-state index is 13.0. The van der Waals surface area contributed by atoms with Gasteiger partial charge >= 0.3 is 0 Å². The van der Waals surface area contributed by atoms with Crippen molar-refractivity contribution >= 4 is 27.5 Å². The van der Waals surface area contributed by atoms with Crippen molar-refractivity contribution in [3.8, 4) is 0 Å². The Morgan fingerprint density at radius 3 is 2.82 bits per heavy atom. The van der Waals surface area contributed by atoms with Gasteiger partial charge in [0.1, 0.15) is 0 Å². The summed E-state index contributed by atoms with van der Waals surface area (Å²) in [6.45, 7) is 1.83. The minimum absolute atomic E-state index is 0.0389. The highest BCUT2D eigenvalue weighted by atomic mass is 79.9. The first-order chi connectivity index (χ1) is 5.13. The average Bonchev–Trinajstić information content (AvgIpc) is 1.94. The van der Waals surface area contributed by atoms with E-state index in [2.05, 4.69) is 20.9 Å². The summed E-state index contributed by atoms with van der Waals surface area (Å²) >= 11 is 8.69. The van der Waals surface area contributed by atoms with E-state index in [9.17, 15) is 4.39 Å². The van der Waals surface area contributed by atoms with E-state index >= 15 is 0 Å². The number of hydrogen-bond acceptors (Lipinski definition) is 1. The van der Waals surface area contributed by atoms with Gasteiger partial charge in [-0.05, 0) is 13.0 Å². The average molecular weight is 238 g/mol. The van der Waals surface area contributed by atoms with Crippen LogP contribution in [0.25, 0.3) is 0 Å². The van der Waals surface area contributed by atoms with Crippen molar-refractivity contribution in [2.24, 2.45) is 0 Å². The van der Waals surface area contributed by atoms with E-state index in [4.69, 9.17) is 11.6 Å². The molecule has 0 fully saturated rings. The highest BCUT2D eigenvalue weighted by Crippen LogP contribution is 2.26. The van der Waals surface area contributed by atoms with Crippen molar-refractivity contribution in [1.29, 1.82) is 0 Å². The summed E-state index contributed by atoms with van der Waals surface area (Å²) in [7, 11) is 0. The molecule has 1 aromatic heterocycles. The maximum absolute atomic E-state index is 13.0. The molecule has 0 aliphatic heterocycles. The van der Waals surface area contributed by atoms with Crippen LogP contribution in [-0.2, 0) is 0 Å². The number of pyridine rings is 1. The molecular weight excluding hydrogens is 232 g/mol. The smallest absolute Gasteiger partial charge is 0.165 e. The lowest BCUT2D eigenvalue weighted by Gasteiger charge is -2.04. The summed E-state index contributed by atoms with van der Waals surface area (Å²) in [5, 5.41) is -0.0752. The molecule has 1 rings (SSSR count). The highest BCUT2D eigenvalue weighted by Gasteiger charge is 2.10. The van der Waals surface area contributed by atoms with Crippen LogP contribution in [0.3, 0.4) is 0 Å². The maximum Gasteiger partial charge on any atom is 0.165 e. The van der Waals surface area contributed by atoms with Crippen LogP contribution in [-0.4, -0.2) is 4.98 Å². The minimum atomic E-state index is -0.446. The van der Waals surface area contributed by atoms with Crippen LogP contribution in [0.5, 0.6) is 0 Å². The highest BCUT2D eigenvalue weighted by molar-refractivity contribution is 9.09. The molecule has 0 radical (unpaired) electrons. The molecule has 0 bridgehead atoms. The number of hydrogen-bond donors (Lipinski definition) is 0. The Morgan fingerprint density at radius 1 is 1.73 bits per heavy atom. The standard InChI is InChI=1S/C7H6BrClFN/c1-4(8)5-2-3-11-7(9)6(5)10/h2-4H,1H3. The molecule has 0 aromatic carbocycles. The third-order valence-electron chi connectivity index (χ3n) is 1.31. The Morgan fingerprint density at radius 2 is 2.36 bits per heavy atom. The lowest BCUT2D eigenvalue weighted by molar-refractivity contribution is 0.605. The second-order valence-electron chi connectivity index (χ2n) is 2.12. The third-order valence-corrected chi connectivity index (χ3v) is 2.06. The second-order valence-corrected chi connectivity index (χ2v) is 3.85. The monoisotopic (exact) mass is 237 g/mol. The molecule has 0 saturated carbocycles. The first-order valence-corrected chi connectivity index (χ1v) is 4.36. The van der Waals surface area contributed by atoms with Gasteiger partial charge in [-0.25, -0.2) is 9.37 Å². The number of rotatable bonds is 1. The molecular formula is C7H6BrClFN. The molecule has 0 aliphatic rings. The molecule has 1 nitrogen and oxygen atoms in total. The van der Waals surface area contributed by atoms with Crippen molar-refractivity contribution < 1.29 is 4.39 Å². The molecule has 11 heavy (non-hydrogen) atoms. The van der Waals surface area contributed by atoms with Crippen LogP contribution in [0.2, 0.25) is 5.15 Å². The van der Waals surface area contributed by atoms with E-state index in [-0.39, 0.29) is 9.98 Å². The molecule has 1 heterocycles. The van der Waals surface area contributed by atoms with Gasteiger partial charge < -0.3 is 0 Å². The molecule has 0 amide bonds. The number of aromatic nitrogens is 1. The van der Waals surface area contributed by atoms with Crippen molar-refractivity contribution in [1.82, 2.24) is 4.98 Å². The zero-order valence-electron chi connectivity index (χ0n) is 5.81. The quantitative estimate of drug-likeness (QED) is 0.540. The SMILES string of the molecule is CC(Br)c1ccnc(Cl)c1F. The number of alkyl halides is 1. The number of halogens is 3. The molecule has 1 unspecified atom stereocenters. The fraction of sp³-hybridized carbons (Fsp3) is 0.286. The summed E-state index contributed by atoms with van der Waals surface area (Å²) in [5.74, 6) is -0.446. The van der Waals surface area contributed by atoms with Gasteiger partial charge in [0.15, 0.2) is 11.0 Å². The Balaban J connectivity index is 3.17. The molecule has 0 spiro atoms. The van der Waals surface area contributed by atoms with Crippen molar-refractivity contribution in [3.63, 3.8) is 0 Å². The Labute approximate surface area is 77.7 Å². The molecule has 0 saturated heterocycles. The summed E-state index contributed by atoms with van der Waals surface area (Å²) in [6, 6.07) is 1.60. The van der Waals surface area contributed by atoms with Gasteiger partial charge in [-0.15, -0.1) is 0 Å². The normalized spacial score (nSPS) is 13.1. The summed E-state index contributed by atoms with van der Waals surface area (Å²) in [4.78, 5) is 3.55. The van der Waals surface area contributed by atoms with Gasteiger partial charge in [0, 0.05) is 16.6 Å². The largest absolute Gasteiger partial charge is 0.242 e. The van der Waals surface area contributed by atoms with Crippen molar-refractivity contribution in [2.45, 2.75) is 11.8 Å². The Bertz CT molecular complexity index is 265. The lowest BCUT2D eigenvalue weighted by atomic mass is 10.2. The second kappa shape index (κ2) is 3.50. The Hall–Kier alpha value is -0.150.